The molecule has 0 radical (unpaired) electrons. The normalized spacial score (nSPS) is 10.3. The predicted molar refractivity (Wildman–Crippen MR) is 64.9 cm³/mol. The minimum Gasteiger partial charge on any atom is -0.396 e. The number of thiophene rings is 1. The Morgan fingerprint density at radius 1 is 1.67 bits per heavy atom. The van der Waals surface area contributed by atoms with Crippen molar-refractivity contribution < 1.29 is 9.90 Å². The second kappa shape index (κ2) is 6.15. The van der Waals surface area contributed by atoms with Crippen LogP contribution in [0.3, 0.4) is 0 Å². The Labute approximate surface area is 99.1 Å². The molecule has 1 aromatic rings. The number of carbonyl (C=O) groups excluding carboxylic acids is 1. The maximum absolute atomic E-state index is 11.9. The first kappa shape index (κ1) is 12.5. The zero-order valence-electron chi connectivity index (χ0n) is 8.64. The molecule has 1 N–H and O–H groups in total. The molecule has 0 saturated carbocycles. The summed E-state index contributed by atoms with van der Waals surface area (Å²) in [5.41, 5.74) is 0. The van der Waals surface area contributed by atoms with E-state index >= 15 is 0 Å². The fourth-order valence-electron chi connectivity index (χ4n) is 1.26. The van der Waals surface area contributed by atoms with Crippen LogP contribution < -0.4 is 0 Å². The van der Waals surface area contributed by atoms with Crippen LogP contribution in [0.2, 0.25) is 0 Å². The van der Waals surface area contributed by atoms with Crippen molar-refractivity contribution in [1.82, 2.24) is 4.90 Å². The van der Waals surface area contributed by atoms with E-state index in [1.165, 1.54) is 11.3 Å². The first-order chi connectivity index (χ1) is 7.19. The van der Waals surface area contributed by atoms with Gasteiger partial charge in [-0.05, 0) is 19.4 Å². The van der Waals surface area contributed by atoms with Gasteiger partial charge in [0.25, 0.3) is 5.91 Å². The molecule has 1 amide bonds. The zero-order chi connectivity index (χ0) is 11.3. The highest BCUT2D eigenvalue weighted by molar-refractivity contribution is 7.80. The van der Waals surface area contributed by atoms with Crippen LogP contribution in [0, 0.1) is 0 Å². The highest BCUT2D eigenvalue weighted by Gasteiger charge is 2.15. The Bertz CT molecular complexity index is 325. The molecular formula is C10H15NO2S2. The third-order valence-corrected chi connectivity index (χ3v) is 3.40. The van der Waals surface area contributed by atoms with Crippen LogP contribution in [0.4, 0.5) is 0 Å². The second-order valence-corrected chi connectivity index (χ2v) is 4.56. The van der Waals surface area contributed by atoms with Crippen LogP contribution in [0.25, 0.3) is 0 Å². The van der Waals surface area contributed by atoms with Crippen molar-refractivity contribution in [2.45, 2.75) is 18.2 Å². The molecule has 1 aromatic heterocycles. The van der Waals surface area contributed by atoms with E-state index in [2.05, 4.69) is 12.6 Å². The molecule has 0 saturated heterocycles. The molecule has 1 rings (SSSR count). The Hall–Kier alpha value is -0.520. The molecule has 0 aliphatic heterocycles. The SMILES string of the molecule is CCN(CCCO)C(=O)c1cc(S)cs1. The third-order valence-electron chi connectivity index (χ3n) is 2.05. The first-order valence-corrected chi connectivity index (χ1v) is 6.19. The van der Waals surface area contributed by atoms with Crippen LogP contribution in [-0.4, -0.2) is 35.6 Å². The number of amides is 1. The quantitative estimate of drug-likeness (QED) is 0.778. The highest BCUT2D eigenvalue weighted by atomic mass is 32.1. The van der Waals surface area contributed by atoms with E-state index in [0.717, 1.165) is 4.90 Å². The third kappa shape index (κ3) is 3.52. The average molecular weight is 245 g/mol. The molecule has 5 heteroatoms. The lowest BCUT2D eigenvalue weighted by Crippen LogP contribution is -2.31. The Morgan fingerprint density at radius 3 is 2.87 bits per heavy atom. The number of aliphatic hydroxyl groups excluding tert-OH is 1. The molecule has 15 heavy (non-hydrogen) atoms. The van der Waals surface area contributed by atoms with E-state index in [-0.39, 0.29) is 12.5 Å². The summed E-state index contributed by atoms with van der Waals surface area (Å²) in [7, 11) is 0. The summed E-state index contributed by atoms with van der Waals surface area (Å²) in [5.74, 6) is 0.0243. The highest BCUT2D eigenvalue weighted by Crippen LogP contribution is 2.19. The van der Waals surface area contributed by atoms with Gasteiger partial charge in [0.15, 0.2) is 0 Å². The Kier molecular flexibility index (Phi) is 5.14. The number of hydrogen-bond acceptors (Lipinski definition) is 4. The fourth-order valence-corrected chi connectivity index (χ4v) is 2.37. The van der Waals surface area contributed by atoms with Crippen molar-refractivity contribution in [2.24, 2.45) is 0 Å². The molecule has 0 spiro atoms. The van der Waals surface area contributed by atoms with Gasteiger partial charge in [0.1, 0.15) is 0 Å². The Morgan fingerprint density at radius 2 is 2.40 bits per heavy atom. The lowest BCUT2D eigenvalue weighted by Gasteiger charge is -2.19. The van der Waals surface area contributed by atoms with E-state index in [0.29, 0.717) is 24.4 Å². The molecule has 1 heterocycles. The van der Waals surface area contributed by atoms with Gasteiger partial charge in [-0.2, -0.15) is 0 Å². The van der Waals surface area contributed by atoms with Gasteiger partial charge in [-0.3, -0.25) is 4.79 Å². The largest absolute Gasteiger partial charge is 0.396 e. The molecular weight excluding hydrogens is 230 g/mol. The summed E-state index contributed by atoms with van der Waals surface area (Å²) >= 11 is 5.57. The molecule has 0 unspecified atom stereocenters. The van der Waals surface area contributed by atoms with Crippen molar-refractivity contribution in [3.8, 4) is 0 Å². The number of carbonyl (C=O) groups is 1. The Balaban J connectivity index is 2.64. The van der Waals surface area contributed by atoms with Crippen LogP contribution in [-0.2, 0) is 0 Å². The molecule has 84 valence electrons. The smallest absolute Gasteiger partial charge is 0.263 e. The number of thiol groups is 1. The number of hydrogen-bond donors (Lipinski definition) is 2. The predicted octanol–water partition coefficient (Wildman–Crippen LogP) is 1.88. The van der Waals surface area contributed by atoms with Crippen molar-refractivity contribution in [2.75, 3.05) is 19.7 Å². The van der Waals surface area contributed by atoms with E-state index in [9.17, 15) is 4.79 Å². The van der Waals surface area contributed by atoms with E-state index in [4.69, 9.17) is 5.11 Å². The minimum atomic E-state index is 0.0243. The van der Waals surface area contributed by atoms with Gasteiger partial charge in [0.05, 0.1) is 4.88 Å². The molecule has 0 fully saturated rings. The summed E-state index contributed by atoms with van der Waals surface area (Å²) in [6, 6.07) is 1.78. The maximum Gasteiger partial charge on any atom is 0.263 e. The summed E-state index contributed by atoms with van der Waals surface area (Å²) in [6.45, 7) is 3.32. The second-order valence-electron chi connectivity index (χ2n) is 3.13. The monoisotopic (exact) mass is 245 g/mol. The molecule has 0 atom stereocenters. The van der Waals surface area contributed by atoms with Crippen molar-refractivity contribution >= 4 is 29.9 Å². The molecule has 0 aromatic carbocycles. The number of aliphatic hydroxyl groups is 1. The van der Waals surface area contributed by atoms with Crippen LogP contribution in [0.15, 0.2) is 16.3 Å². The van der Waals surface area contributed by atoms with Gasteiger partial charge in [0.2, 0.25) is 0 Å². The van der Waals surface area contributed by atoms with E-state index < -0.39 is 0 Å². The van der Waals surface area contributed by atoms with Gasteiger partial charge in [0, 0.05) is 30.0 Å². The first-order valence-electron chi connectivity index (χ1n) is 4.86. The van der Waals surface area contributed by atoms with E-state index in [1.807, 2.05) is 12.3 Å². The van der Waals surface area contributed by atoms with Gasteiger partial charge in [-0.25, -0.2) is 0 Å². The van der Waals surface area contributed by atoms with Crippen molar-refractivity contribution in [3.63, 3.8) is 0 Å². The maximum atomic E-state index is 11.9. The van der Waals surface area contributed by atoms with Crippen molar-refractivity contribution in [3.05, 3.63) is 16.3 Å². The van der Waals surface area contributed by atoms with Crippen LogP contribution in [0.5, 0.6) is 0 Å². The molecule has 0 aliphatic rings. The number of nitrogens with zero attached hydrogens (tertiary/aromatic N) is 1. The summed E-state index contributed by atoms with van der Waals surface area (Å²) in [4.78, 5) is 15.2. The van der Waals surface area contributed by atoms with Crippen LogP contribution in [0.1, 0.15) is 23.0 Å². The van der Waals surface area contributed by atoms with Gasteiger partial charge >= 0.3 is 0 Å². The van der Waals surface area contributed by atoms with Gasteiger partial charge < -0.3 is 10.0 Å². The zero-order valence-corrected chi connectivity index (χ0v) is 10.4. The summed E-state index contributed by atoms with van der Waals surface area (Å²) in [5, 5.41) is 10.6. The van der Waals surface area contributed by atoms with Crippen molar-refractivity contribution in [1.29, 1.82) is 0 Å². The number of rotatable bonds is 5. The van der Waals surface area contributed by atoms with Crippen LogP contribution >= 0.6 is 24.0 Å². The standard InChI is InChI=1S/C10H15NO2S2/c1-2-11(4-3-5-12)10(13)9-6-8(14)7-15-9/h6-7,12,14H,2-5H2,1H3. The lowest BCUT2D eigenvalue weighted by atomic mass is 10.3. The lowest BCUT2D eigenvalue weighted by molar-refractivity contribution is 0.0759. The summed E-state index contributed by atoms with van der Waals surface area (Å²) < 4.78 is 0. The topological polar surface area (TPSA) is 40.5 Å². The van der Waals surface area contributed by atoms with E-state index in [1.54, 1.807) is 11.0 Å². The fraction of sp³-hybridized carbons (Fsp3) is 0.500. The van der Waals surface area contributed by atoms with Gasteiger partial charge in [-0.15, -0.1) is 24.0 Å². The molecule has 3 nitrogen and oxygen atoms in total. The molecule has 0 bridgehead atoms. The van der Waals surface area contributed by atoms with Gasteiger partial charge in [-0.1, -0.05) is 0 Å². The average Bonchev–Trinajstić information content (AvgIpc) is 2.65. The summed E-state index contributed by atoms with van der Waals surface area (Å²) in [6.07, 6.45) is 0.624. The molecule has 0 aliphatic carbocycles. The minimum absolute atomic E-state index is 0.0243.